The zero-order valence-corrected chi connectivity index (χ0v) is 20.9. The van der Waals surface area contributed by atoms with Crippen molar-refractivity contribution in [3.8, 4) is 5.69 Å². The third-order valence-electron chi connectivity index (χ3n) is 5.49. The molecule has 1 amide bonds. The Kier molecular flexibility index (Phi) is 8.26. The van der Waals surface area contributed by atoms with Crippen LogP contribution in [-0.4, -0.2) is 61.3 Å². The maximum absolute atomic E-state index is 14.2. The zero-order valence-electron chi connectivity index (χ0n) is 20.0. The summed E-state index contributed by atoms with van der Waals surface area (Å²) in [5.74, 6) is -7.50. The molecule has 8 nitrogen and oxygen atoms in total. The van der Waals surface area contributed by atoms with Gasteiger partial charge in [-0.1, -0.05) is 0 Å². The Morgan fingerprint density at radius 3 is 2.35 bits per heavy atom. The molecule has 0 saturated carbocycles. The standard InChI is InChI=1S/C24H23F4N5O3S/c1-14(29)15(10-30-2)12-32(3)23(34)21-11-31-24(33(21)17-6-4-16(25)5-7-17)37(35,36)13-18-19(26)8-9-20(27)22(18)28/h4-11,15,29H,12-13H2,1-3H3. The summed E-state index contributed by atoms with van der Waals surface area (Å²) in [7, 11) is -1.72. The Labute approximate surface area is 210 Å². The van der Waals surface area contributed by atoms with Gasteiger partial charge >= 0.3 is 0 Å². The van der Waals surface area contributed by atoms with Gasteiger partial charge in [-0.15, -0.1) is 0 Å². The molecule has 1 heterocycles. The quantitative estimate of drug-likeness (QED) is 0.254. The maximum Gasteiger partial charge on any atom is 0.272 e. The van der Waals surface area contributed by atoms with Crippen LogP contribution in [0.4, 0.5) is 17.6 Å². The number of aliphatic imine (C=N–C) groups is 1. The molecule has 0 bridgehead atoms. The largest absolute Gasteiger partial charge is 0.339 e. The van der Waals surface area contributed by atoms with Gasteiger partial charge in [0.2, 0.25) is 15.0 Å². The Morgan fingerprint density at radius 1 is 1.14 bits per heavy atom. The minimum absolute atomic E-state index is 0.0297. The van der Waals surface area contributed by atoms with E-state index in [2.05, 4.69) is 9.98 Å². The van der Waals surface area contributed by atoms with Crippen molar-refractivity contribution >= 4 is 27.7 Å². The SMILES string of the molecule is CN=CC(CN(C)C(=O)c1cnc(S(=O)(=O)Cc2c(F)ccc(F)c2F)n1-c1ccc(F)cc1)C(C)=N. The molecule has 0 aliphatic heterocycles. The van der Waals surface area contributed by atoms with Crippen LogP contribution in [0, 0.1) is 34.6 Å². The third-order valence-corrected chi connectivity index (χ3v) is 7.00. The number of aromatic nitrogens is 2. The lowest BCUT2D eigenvalue weighted by molar-refractivity contribution is 0.0784. The van der Waals surface area contributed by atoms with E-state index >= 15 is 0 Å². The van der Waals surface area contributed by atoms with Gasteiger partial charge in [0.15, 0.2) is 11.6 Å². The van der Waals surface area contributed by atoms with Gasteiger partial charge in [-0.25, -0.2) is 31.0 Å². The van der Waals surface area contributed by atoms with Crippen LogP contribution in [0.1, 0.15) is 23.0 Å². The Morgan fingerprint density at radius 2 is 1.76 bits per heavy atom. The molecule has 0 saturated heterocycles. The first-order valence-corrected chi connectivity index (χ1v) is 12.4. The second kappa shape index (κ2) is 11.0. The second-order valence-corrected chi connectivity index (χ2v) is 10.1. The topological polar surface area (TPSA) is 108 Å². The molecular weight excluding hydrogens is 514 g/mol. The van der Waals surface area contributed by atoms with Gasteiger partial charge in [0, 0.05) is 49.7 Å². The molecule has 0 aliphatic carbocycles. The molecule has 2 aromatic carbocycles. The molecule has 1 atom stereocenters. The molecular formula is C24H23F4N5O3S. The average molecular weight is 538 g/mol. The number of carbonyl (C=O) groups excluding carboxylic acids is 1. The molecule has 0 fully saturated rings. The molecule has 0 aliphatic rings. The summed E-state index contributed by atoms with van der Waals surface area (Å²) in [5.41, 5.74) is -1.01. The lowest BCUT2D eigenvalue weighted by Gasteiger charge is -2.22. The van der Waals surface area contributed by atoms with E-state index in [1.165, 1.54) is 37.3 Å². The van der Waals surface area contributed by atoms with Crippen molar-refractivity contribution in [1.29, 1.82) is 5.41 Å². The number of sulfone groups is 1. The summed E-state index contributed by atoms with van der Waals surface area (Å²) in [5, 5.41) is 7.13. The number of benzene rings is 2. The lowest BCUT2D eigenvalue weighted by atomic mass is 10.1. The number of halogens is 4. The van der Waals surface area contributed by atoms with E-state index in [0.29, 0.717) is 12.1 Å². The van der Waals surface area contributed by atoms with Crippen molar-refractivity contribution in [3.05, 3.63) is 77.1 Å². The fourth-order valence-electron chi connectivity index (χ4n) is 3.55. The van der Waals surface area contributed by atoms with Crippen LogP contribution >= 0.6 is 0 Å². The van der Waals surface area contributed by atoms with Crippen LogP contribution in [0.2, 0.25) is 0 Å². The lowest BCUT2D eigenvalue weighted by Crippen LogP contribution is -2.36. The Hall–Kier alpha value is -3.87. The fraction of sp³-hybridized carbons (Fsp3) is 0.250. The normalized spacial score (nSPS) is 12.6. The van der Waals surface area contributed by atoms with Gasteiger partial charge in [-0.2, -0.15) is 0 Å². The number of amides is 1. The predicted molar refractivity (Wildman–Crippen MR) is 129 cm³/mol. The van der Waals surface area contributed by atoms with Gasteiger partial charge < -0.3 is 15.3 Å². The van der Waals surface area contributed by atoms with Crippen molar-refractivity contribution in [1.82, 2.24) is 14.5 Å². The van der Waals surface area contributed by atoms with E-state index in [-0.39, 0.29) is 23.6 Å². The highest BCUT2D eigenvalue weighted by atomic mass is 32.2. The number of nitrogens with zero attached hydrogens (tertiary/aromatic N) is 4. The first kappa shape index (κ1) is 27.7. The summed E-state index contributed by atoms with van der Waals surface area (Å²) in [6.07, 6.45) is 2.45. The molecule has 3 rings (SSSR count). The minimum Gasteiger partial charge on any atom is -0.339 e. The van der Waals surface area contributed by atoms with E-state index < -0.39 is 61.4 Å². The zero-order chi connectivity index (χ0) is 27.5. The Balaban J connectivity index is 2.12. The van der Waals surface area contributed by atoms with Crippen molar-refractivity contribution in [2.45, 2.75) is 17.8 Å². The molecule has 1 aromatic heterocycles. The molecule has 0 radical (unpaired) electrons. The highest BCUT2D eigenvalue weighted by Crippen LogP contribution is 2.26. The monoisotopic (exact) mass is 537 g/mol. The van der Waals surface area contributed by atoms with Crippen molar-refractivity contribution in [2.24, 2.45) is 10.9 Å². The molecule has 3 aromatic rings. The van der Waals surface area contributed by atoms with Crippen molar-refractivity contribution in [3.63, 3.8) is 0 Å². The molecule has 1 unspecified atom stereocenters. The molecule has 0 spiro atoms. The van der Waals surface area contributed by atoms with Crippen LogP contribution in [-0.2, 0) is 15.6 Å². The summed E-state index contributed by atoms with van der Waals surface area (Å²) in [6.45, 7) is 1.57. The van der Waals surface area contributed by atoms with E-state index in [4.69, 9.17) is 5.41 Å². The first-order chi connectivity index (χ1) is 17.4. The number of carbonyl (C=O) groups is 1. The van der Waals surface area contributed by atoms with Crippen LogP contribution < -0.4 is 0 Å². The fourth-order valence-corrected chi connectivity index (χ4v) is 5.02. The summed E-state index contributed by atoms with van der Waals surface area (Å²) in [6, 6.07) is 5.58. The summed E-state index contributed by atoms with van der Waals surface area (Å²) in [4.78, 5) is 22.3. The maximum atomic E-state index is 14.2. The van der Waals surface area contributed by atoms with Crippen molar-refractivity contribution < 1.29 is 30.8 Å². The first-order valence-electron chi connectivity index (χ1n) is 10.8. The molecule has 1 N–H and O–H groups in total. The van der Waals surface area contributed by atoms with E-state index in [1.807, 2.05) is 0 Å². The minimum atomic E-state index is -4.66. The highest BCUT2D eigenvalue weighted by Gasteiger charge is 2.31. The van der Waals surface area contributed by atoms with E-state index in [9.17, 15) is 30.8 Å². The summed E-state index contributed by atoms with van der Waals surface area (Å²) < 4.78 is 83.1. The third kappa shape index (κ3) is 5.93. The number of imidazole rings is 1. The van der Waals surface area contributed by atoms with Gasteiger partial charge in [-0.05, 0) is 43.3 Å². The molecule has 13 heteroatoms. The van der Waals surface area contributed by atoms with Crippen LogP contribution in [0.3, 0.4) is 0 Å². The van der Waals surface area contributed by atoms with Gasteiger partial charge in [0.05, 0.1) is 11.9 Å². The molecule has 196 valence electrons. The van der Waals surface area contributed by atoms with Gasteiger partial charge in [0.1, 0.15) is 17.3 Å². The number of hydrogen-bond acceptors (Lipinski definition) is 6. The van der Waals surface area contributed by atoms with Crippen molar-refractivity contribution in [2.75, 3.05) is 20.6 Å². The number of rotatable bonds is 9. The second-order valence-electron chi connectivity index (χ2n) is 8.20. The predicted octanol–water partition coefficient (Wildman–Crippen LogP) is 3.83. The van der Waals surface area contributed by atoms with Crippen LogP contribution in [0.25, 0.3) is 5.69 Å². The van der Waals surface area contributed by atoms with Gasteiger partial charge in [-0.3, -0.25) is 9.36 Å². The Bertz CT molecular complexity index is 1470. The van der Waals surface area contributed by atoms with Crippen LogP contribution in [0.15, 0.2) is 52.7 Å². The summed E-state index contributed by atoms with van der Waals surface area (Å²) >= 11 is 0. The van der Waals surface area contributed by atoms with E-state index in [1.54, 1.807) is 6.92 Å². The number of hydrogen-bond donors (Lipinski definition) is 1. The highest BCUT2D eigenvalue weighted by molar-refractivity contribution is 7.90. The number of nitrogens with one attached hydrogen (secondary N) is 1. The van der Waals surface area contributed by atoms with E-state index in [0.717, 1.165) is 22.9 Å². The van der Waals surface area contributed by atoms with Gasteiger partial charge in [0.25, 0.3) is 5.91 Å². The average Bonchev–Trinajstić information content (AvgIpc) is 3.30. The molecule has 37 heavy (non-hydrogen) atoms. The van der Waals surface area contributed by atoms with Crippen LogP contribution in [0.5, 0.6) is 0 Å². The smallest absolute Gasteiger partial charge is 0.272 e.